The van der Waals surface area contributed by atoms with Crippen molar-refractivity contribution in [1.82, 2.24) is 10.2 Å². The maximum Gasteiger partial charge on any atom is 0.225 e. The van der Waals surface area contributed by atoms with Crippen LogP contribution >= 0.6 is 0 Å². The van der Waals surface area contributed by atoms with E-state index in [1.54, 1.807) is 4.90 Å². The fourth-order valence-electron chi connectivity index (χ4n) is 3.20. The largest absolute Gasteiger partial charge is 0.355 e. The van der Waals surface area contributed by atoms with Gasteiger partial charge in [-0.05, 0) is 17.0 Å². The van der Waals surface area contributed by atoms with E-state index in [-0.39, 0.29) is 23.7 Å². The van der Waals surface area contributed by atoms with Crippen molar-refractivity contribution in [3.05, 3.63) is 71.8 Å². The van der Waals surface area contributed by atoms with Crippen molar-refractivity contribution in [2.45, 2.75) is 25.8 Å². The molecular weight excluding hydrogens is 312 g/mol. The van der Waals surface area contributed by atoms with E-state index in [0.717, 1.165) is 5.56 Å². The quantitative estimate of drug-likeness (QED) is 0.882. The predicted octanol–water partition coefficient (Wildman–Crippen LogP) is 2.96. The molecule has 130 valence electrons. The van der Waals surface area contributed by atoms with E-state index < -0.39 is 0 Å². The lowest BCUT2D eigenvalue weighted by Gasteiger charge is -2.17. The topological polar surface area (TPSA) is 49.4 Å². The number of amides is 2. The fourth-order valence-corrected chi connectivity index (χ4v) is 3.20. The van der Waals surface area contributed by atoms with Gasteiger partial charge in [0.1, 0.15) is 0 Å². The van der Waals surface area contributed by atoms with Crippen LogP contribution in [0.1, 0.15) is 30.4 Å². The van der Waals surface area contributed by atoms with Gasteiger partial charge in [-0.25, -0.2) is 0 Å². The second kappa shape index (κ2) is 7.97. The molecule has 1 heterocycles. The second-order valence-corrected chi connectivity index (χ2v) is 6.72. The van der Waals surface area contributed by atoms with Gasteiger partial charge in [-0.3, -0.25) is 9.59 Å². The molecule has 4 nitrogen and oxygen atoms in total. The molecule has 0 aromatic heterocycles. The summed E-state index contributed by atoms with van der Waals surface area (Å²) in [6.45, 7) is 3.76. The minimum atomic E-state index is -0.251. The molecule has 1 aliphatic rings. The van der Waals surface area contributed by atoms with Crippen molar-refractivity contribution >= 4 is 11.8 Å². The van der Waals surface area contributed by atoms with Crippen LogP contribution in [0.5, 0.6) is 0 Å². The highest BCUT2D eigenvalue weighted by Gasteiger charge is 2.34. The number of rotatable bonds is 6. The van der Waals surface area contributed by atoms with Gasteiger partial charge in [0.05, 0.1) is 5.92 Å². The van der Waals surface area contributed by atoms with Crippen LogP contribution in [0.3, 0.4) is 0 Å². The normalized spacial score (nSPS) is 18.2. The minimum Gasteiger partial charge on any atom is -0.355 e. The molecule has 1 saturated heterocycles. The van der Waals surface area contributed by atoms with Gasteiger partial charge >= 0.3 is 0 Å². The number of hydrogen-bond acceptors (Lipinski definition) is 2. The number of benzene rings is 2. The van der Waals surface area contributed by atoms with Crippen LogP contribution in [0.4, 0.5) is 0 Å². The van der Waals surface area contributed by atoms with Gasteiger partial charge in [-0.2, -0.15) is 0 Å². The lowest BCUT2D eigenvalue weighted by molar-refractivity contribution is -0.129. The Morgan fingerprint density at radius 3 is 2.44 bits per heavy atom. The van der Waals surface area contributed by atoms with Crippen molar-refractivity contribution in [3.8, 4) is 0 Å². The molecule has 0 saturated carbocycles. The van der Waals surface area contributed by atoms with Crippen molar-refractivity contribution < 1.29 is 9.59 Å². The van der Waals surface area contributed by atoms with Gasteiger partial charge < -0.3 is 10.2 Å². The summed E-state index contributed by atoms with van der Waals surface area (Å²) in [7, 11) is 0. The zero-order valence-corrected chi connectivity index (χ0v) is 14.5. The lowest BCUT2D eigenvalue weighted by Crippen LogP contribution is -2.34. The minimum absolute atomic E-state index is 0.0216. The summed E-state index contributed by atoms with van der Waals surface area (Å²) in [6.07, 6.45) is 0.304. The molecule has 2 amide bonds. The molecule has 0 unspecified atom stereocenters. The number of hydrogen-bond donors (Lipinski definition) is 1. The van der Waals surface area contributed by atoms with Crippen LogP contribution in [-0.2, 0) is 16.1 Å². The second-order valence-electron chi connectivity index (χ2n) is 6.72. The Morgan fingerprint density at radius 1 is 1.12 bits per heavy atom. The maximum atomic E-state index is 12.4. The molecule has 3 rings (SSSR count). The Labute approximate surface area is 148 Å². The molecule has 4 heteroatoms. The number of carbonyl (C=O) groups excluding carboxylic acids is 2. The molecule has 0 aliphatic carbocycles. The average Bonchev–Trinajstić information content (AvgIpc) is 3.01. The van der Waals surface area contributed by atoms with Crippen LogP contribution < -0.4 is 5.32 Å². The van der Waals surface area contributed by atoms with Crippen molar-refractivity contribution in [3.63, 3.8) is 0 Å². The molecule has 25 heavy (non-hydrogen) atoms. The van der Waals surface area contributed by atoms with E-state index in [1.165, 1.54) is 5.56 Å². The smallest absolute Gasteiger partial charge is 0.225 e. The van der Waals surface area contributed by atoms with Crippen LogP contribution in [0, 0.1) is 5.92 Å². The number of likely N-dealkylation sites (tertiary alicyclic amines) is 1. The summed E-state index contributed by atoms with van der Waals surface area (Å²) in [5.41, 5.74) is 2.30. The maximum absolute atomic E-state index is 12.4. The summed E-state index contributed by atoms with van der Waals surface area (Å²) in [4.78, 5) is 26.4. The van der Waals surface area contributed by atoms with Crippen LogP contribution in [-0.4, -0.2) is 29.8 Å². The van der Waals surface area contributed by atoms with E-state index in [1.807, 2.05) is 48.5 Å². The summed E-state index contributed by atoms with van der Waals surface area (Å²) in [5.74, 6) is 0.0358. The van der Waals surface area contributed by atoms with Gasteiger partial charge in [0.25, 0.3) is 0 Å². The molecule has 2 atom stereocenters. The number of nitrogens with zero attached hydrogens (tertiary/aromatic N) is 1. The van der Waals surface area contributed by atoms with Crippen LogP contribution in [0.25, 0.3) is 0 Å². The molecule has 1 fully saturated rings. The Balaban J connectivity index is 1.51. The fraction of sp³-hybridized carbons (Fsp3) is 0.333. The Morgan fingerprint density at radius 2 is 1.76 bits per heavy atom. The number of carbonyl (C=O) groups is 2. The van der Waals surface area contributed by atoms with Gasteiger partial charge in [0.2, 0.25) is 11.8 Å². The first-order chi connectivity index (χ1) is 12.1. The summed E-state index contributed by atoms with van der Waals surface area (Å²) in [6, 6.07) is 20.0. The first-order valence-electron chi connectivity index (χ1n) is 8.78. The Hall–Kier alpha value is -2.62. The summed E-state index contributed by atoms with van der Waals surface area (Å²) < 4.78 is 0. The highest BCUT2D eigenvalue weighted by molar-refractivity contribution is 5.89. The van der Waals surface area contributed by atoms with Crippen molar-refractivity contribution in [1.29, 1.82) is 0 Å². The molecule has 1 aliphatic heterocycles. The predicted molar refractivity (Wildman–Crippen MR) is 97.8 cm³/mol. The van der Waals surface area contributed by atoms with Crippen molar-refractivity contribution in [2.24, 2.45) is 5.92 Å². The van der Waals surface area contributed by atoms with E-state index in [4.69, 9.17) is 0 Å². The van der Waals surface area contributed by atoms with Gasteiger partial charge in [-0.1, -0.05) is 67.6 Å². The highest BCUT2D eigenvalue weighted by atomic mass is 16.2. The molecule has 0 radical (unpaired) electrons. The molecular formula is C21H24N2O2. The Kier molecular flexibility index (Phi) is 5.49. The third-order valence-electron chi connectivity index (χ3n) is 4.75. The summed E-state index contributed by atoms with van der Waals surface area (Å²) >= 11 is 0. The molecule has 2 aromatic rings. The monoisotopic (exact) mass is 336 g/mol. The first kappa shape index (κ1) is 17.2. The van der Waals surface area contributed by atoms with Gasteiger partial charge in [0, 0.05) is 26.1 Å². The lowest BCUT2D eigenvalue weighted by atomic mass is 10.0. The standard InChI is InChI=1S/C21H24N2O2/c1-16(18-10-6-3-7-11-18)13-22-21(25)19-12-20(24)23(15-19)14-17-8-4-2-5-9-17/h2-11,16,19H,12-15H2,1H3,(H,22,25)/t16-,19-/m0/s1. The molecule has 1 N–H and O–H groups in total. The highest BCUT2D eigenvalue weighted by Crippen LogP contribution is 2.21. The third kappa shape index (κ3) is 4.47. The van der Waals surface area contributed by atoms with E-state index in [0.29, 0.717) is 26.1 Å². The van der Waals surface area contributed by atoms with Gasteiger partial charge in [-0.15, -0.1) is 0 Å². The molecule has 0 bridgehead atoms. The third-order valence-corrected chi connectivity index (χ3v) is 4.75. The van der Waals surface area contributed by atoms with Crippen molar-refractivity contribution in [2.75, 3.05) is 13.1 Å². The molecule has 0 spiro atoms. The van der Waals surface area contributed by atoms with E-state index in [9.17, 15) is 9.59 Å². The van der Waals surface area contributed by atoms with Crippen LogP contribution in [0.2, 0.25) is 0 Å². The van der Waals surface area contributed by atoms with Crippen LogP contribution in [0.15, 0.2) is 60.7 Å². The van der Waals surface area contributed by atoms with E-state index >= 15 is 0 Å². The van der Waals surface area contributed by atoms with E-state index in [2.05, 4.69) is 24.4 Å². The Bertz CT molecular complexity index is 715. The number of nitrogens with one attached hydrogen (secondary N) is 1. The van der Waals surface area contributed by atoms with Gasteiger partial charge in [0.15, 0.2) is 0 Å². The zero-order valence-electron chi connectivity index (χ0n) is 14.5. The molecule has 2 aromatic carbocycles. The SMILES string of the molecule is C[C@@H](CNC(=O)[C@H]1CC(=O)N(Cc2ccccc2)C1)c1ccccc1. The zero-order chi connectivity index (χ0) is 17.6. The average molecular weight is 336 g/mol. The first-order valence-corrected chi connectivity index (χ1v) is 8.78. The summed E-state index contributed by atoms with van der Waals surface area (Å²) in [5, 5.41) is 3.01.